The number of aromatic nitrogens is 1. The number of carbonyl (C=O) groups is 2. The molecule has 1 fully saturated rings. The van der Waals surface area contributed by atoms with Gasteiger partial charge in [0.1, 0.15) is 5.41 Å². The molecular weight excluding hydrogens is 338 g/mol. The molecule has 1 saturated heterocycles. The molecular formula is C14H10BrN3O3. The molecule has 0 aliphatic carbocycles. The number of pyridine rings is 1. The lowest BCUT2D eigenvalue weighted by Crippen LogP contribution is -2.64. The van der Waals surface area contributed by atoms with E-state index in [4.69, 9.17) is 5.11 Å². The number of hydrogen-bond acceptors (Lipinski definition) is 3. The van der Waals surface area contributed by atoms with Crippen LogP contribution in [0.5, 0.6) is 0 Å². The van der Waals surface area contributed by atoms with Crippen LogP contribution < -0.4 is 5.32 Å². The smallest absolute Gasteiger partial charge is 0.407 e. The largest absolute Gasteiger partial charge is 0.465 e. The Morgan fingerprint density at radius 3 is 2.90 bits per heavy atom. The average molecular weight is 348 g/mol. The minimum absolute atomic E-state index is 0.149. The molecule has 0 bridgehead atoms. The van der Waals surface area contributed by atoms with Crippen LogP contribution in [0.2, 0.25) is 0 Å². The Labute approximate surface area is 127 Å². The molecule has 2 N–H and O–H groups in total. The van der Waals surface area contributed by atoms with Gasteiger partial charge in [-0.1, -0.05) is 15.9 Å². The molecule has 0 atom stereocenters. The normalized spacial score (nSPS) is 18.5. The van der Waals surface area contributed by atoms with Gasteiger partial charge >= 0.3 is 6.09 Å². The van der Waals surface area contributed by atoms with Crippen LogP contribution in [0, 0.1) is 0 Å². The molecule has 1 spiro atoms. The van der Waals surface area contributed by atoms with Gasteiger partial charge in [0.25, 0.3) is 0 Å². The van der Waals surface area contributed by atoms with Crippen molar-refractivity contribution < 1.29 is 14.7 Å². The number of anilines is 1. The van der Waals surface area contributed by atoms with Crippen LogP contribution in [0.25, 0.3) is 10.9 Å². The molecule has 106 valence electrons. The number of amides is 2. The van der Waals surface area contributed by atoms with E-state index in [1.54, 1.807) is 6.20 Å². The summed E-state index contributed by atoms with van der Waals surface area (Å²) < 4.78 is 0.897. The highest BCUT2D eigenvalue weighted by atomic mass is 79.9. The van der Waals surface area contributed by atoms with Crippen molar-refractivity contribution in [3.63, 3.8) is 0 Å². The van der Waals surface area contributed by atoms with Crippen molar-refractivity contribution in [2.45, 2.75) is 5.41 Å². The molecule has 2 aromatic rings. The van der Waals surface area contributed by atoms with Gasteiger partial charge in [-0.05, 0) is 18.2 Å². The van der Waals surface area contributed by atoms with Crippen molar-refractivity contribution in [1.29, 1.82) is 0 Å². The fourth-order valence-corrected chi connectivity index (χ4v) is 3.53. The third-order valence-corrected chi connectivity index (χ3v) is 4.68. The topological polar surface area (TPSA) is 82.5 Å². The minimum Gasteiger partial charge on any atom is -0.465 e. The predicted molar refractivity (Wildman–Crippen MR) is 79.3 cm³/mol. The first-order valence-electron chi connectivity index (χ1n) is 6.39. The highest BCUT2D eigenvalue weighted by molar-refractivity contribution is 9.10. The van der Waals surface area contributed by atoms with Crippen LogP contribution in [0.1, 0.15) is 5.56 Å². The average Bonchev–Trinajstić information content (AvgIpc) is 2.69. The van der Waals surface area contributed by atoms with Crippen LogP contribution in [-0.2, 0) is 10.2 Å². The highest BCUT2D eigenvalue weighted by Gasteiger charge is 2.57. The molecule has 21 heavy (non-hydrogen) atoms. The van der Waals surface area contributed by atoms with Gasteiger partial charge < -0.3 is 15.3 Å². The molecule has 2 aliphatic heterocycles. The van der Waals surface area contributed by atoms with Gasteiger partial charge in [-0.3, -0.25) is 9.78 Å². The zero-order valence-corrected chi connectivity index (χ0v) is 12.3. The van der Waals surface area contributed by atoms with Crippen molar-refractivity contribution in [1.82, 2.24) is 9.88 Å². The summed E-state index contributed by atoms with van der Waals surface area (Å²) in [5, 5.41) is 12.7. The third kappa shape index (κ3) is 1.55. The lowest BCUT2D eigenvalue weighted by Gasteiger charge is -2.44. The fraction of sp³-hybridized carbons (Fsp3) is 0.214. The van der Waals surface area contributed by atoms with Crippen LogP contribution in [0.4, 0.5) is 10.5 Å². The SMILES string of the molecule is O=C(O)N1CC2(C1)C(=O)Nc1cnc3ccc(Br)cc3c12. The Balaban J connectivity index is 1.94. The zero-order chi connectivity index (χ0) is 14.8. The van der Waals surface area contributed by atoms with Gasteiger partial charge in [0.15, 0.2) is 0 Å². The number of nitrogens with one attached hydrogen (secondary N) is 1. The highest BCUT2D eigenvalue weighted by Crippen LogP contribution is 2.47. The Hall–Kier alpha value is -2.15. The number of rotatable bonds is 0. The molecule has 1 aromatic carbocycles. The number of likely N-dealkylation sites (tertiary alicyclic amines) is 1. The molecule has 1 aromatic heterocycles. The van der Waals surface area contributed by atoms with Gasteiger partial charge in [0.2, 0.25) is 5.91 Å². The lowest BCUT2D eigenvalue weighted by molar-refractivity contribution is -0.125. The number of carboxylic acid groups (broad SMARTS) is 1. The number of hydrogen-bond donors (Lipinski definition) is 2. The molecule has 0 radical (unpaired) electrons. The summed E-state index contributed by atoms with van der Waals surface area (Å²) in [6, 6.07) is 5.69. The van der Waals surface area contributed by atoms with E-state index in [0.29, 0.717) is 5.69 Å². The van der Waals surface area contributed by atoms with Crippen molar-refractivity contribution in [3.05, 3.63) is 34.4 Å². The van der Waals surface area contributed by atoms with E-state index < -0.39 is 11.5 Å². The summed E-state index contributed by atoms with van der Waals surface area (Å²) in [7, 11) is 0. The first-order valence-corrected chi connectivity index (χ1v) is 7.19. The molecule has 3 heterocycles. The summed E-state index contributed by atoms with van der Waals surface area (Å²) in [6.07, 6.45) is 0.642. The third-order valence-electron chi connectivity index (χ3n) is 4.18. The van der Waals surface area contributed by atoms with Crippen molar-refractivity contribution in [3.8, 4) is 0 Å². The summed E-state index contributed by atoms with van der Waals surface area (Å²) in [5.41, 5.74) is 1.55. The van der Waals surface area contributed by atoms with E-state index >= 15 is 0 Å². The second-order valence-corrected chi connectivity index (χ2v) is 6.30. The van der Waals surface area contributed by atoms with E-state index in [9.17, 15) is 9.59 Å². The first-order chi connectivity index (χ1) is 10.0. The maximum Gasteiger partial charge on any atom is 0.407 e. The molecule has 0 unspecified atom stereocenters. The monoisotopic (exact) mass is 347 g/mol. The van der Waals surface area contributed by atoms with Crippen LogP contribution >= 0.6 is 15.9 Å². The Morgan fingerprint density at radius 1 is 1.43 bits per heavy atom. The van der Waals surface area contributed by atoms with Crippen LogP contribution in [0.3, 0.4) is 0 Å². The van der Waals surface area contributed by atoms with Crippen LogP contribution in [-0.4, -0.2) is 40.1 Å². The Kier molecular flexibility index (Phi) is 2.36. The van der Waals surface area contributed by atoms with Crippen molar-refractivity contribution in [2.75, 3.05) is 18.4 Å². The maximum atomic E-state index is 12.4. The van der Waals surface area contributed by atoms with Gasteiger partial charge in [-0.2, -0.15) is 0 Å². The lowest BCUT2D eigenvalue weighted by atomic mass is 9.73. The van der Waals surface area contributed by atoms with E-state index in [1.807, 2.05) is 18.2 Å². The van der Waals surface area contributed by atoms with Crippen LogP contribution in [0.15, 0.2) is 28.9 Å². The van der Waals surface area contributed by atoms with Gasteiger partial charge in [-0.25, -0.2) is 4.79 Å². The van der Waals surface area contributed by atoms with Gasteiger partial charge in [-0.15, -0.1) is 0 Å². The number of nitrogens with zero attached hydrogens (tertiary/aromatic N) is 2. The summed E-state index contributed by atoms with van der Waals surface area (Å²) >= 11 is 3.43. The molecule has 7 heteroatoms. The Bertz CT molecular complexity index is 814. The van der Waals surface area contributed by atoms with Crippen molar-refractivity contribution in [2.24, 2.45) is 0 Å². The molecule has 2 aliphatic rings. The number of carbonyl (C=O) groups excluding carboxylic acids is 1. The number of benzene rings is 1. The van der Waals surface area contributed by atoms with Gasteiger partial charge in [0.05, 0.1) is 17.4 Å². The Morgan fingerprint density at radius 2 is 2.19 bits per heavy atom. The molecule has 6 nitrogen and oxygen atoms in total. The van der Waals surface area contributed by atoms with E-state index in [1.165, 1.54) is 4.90 Å². The first kappa shape index (κ1) is 12.6. The maximum absolute atomic E-state index is 12.4. The second-order valence-electron chi connectivity index (χ2n) is 5.38. The zero-order valence-electron chi connectivity index (χ0n) is 10.8. The molecule has 2 amide bonds. The van der Waals surface area contributed by atoms with Crippen molar-refractivity contribution >= 4 is 44.5 Å². The number of halogens is 1. The number of fused-ring (bicyclic) bond motifs is 4. The molecule has 0 saturated carbocycles. The van der Waals surface area contributed by atoms with E-state index in [0.717, 1.165) is 20.9 Å². The second kappa shape index (κ2) is 3.94. The predicted octanol–water partition coefficient (Wildman–Crippen LogP) is 2.18. The minimum atomic E-state index is -0.999. The quantitative estimate of drug-likeness (QED) is 0.765. The summed E-state index contributed by atoms with van der Waals surface area (Å²) in [5.74, 6) is -0.149. The standard InChI is InChI=1S/C14H10BrN3O3/c15-7-1-2-9-8(3-7)11-10(4-16-9)17-12(19)14(11)5-18(6-14)13(20)21/h1-4H,5-6H2,(H,17,19)(H,20,21). The summed E-state index contributed by atoms with van der Waals surface area (Å²) in [4.78, 5) is 29.0. The molecule has 4 rings (SSSR count). The van der Waals surface area contributed by atoms with Gasteiger partial charge in [0, 0.05) is 28.5 Å². The van der Waals surface area contributed by atoms with E-state index in [-0.39, 0.29) is 19.0 Å². The fourth-order valence-electron chi connectivity index (χ4n) is 3.17. The van der Waals surface area contributed by atoms with E-state index in [2.05, 4.69) is 26.2 Å². The summed E-state index contributed by atoms with van der Waals surface area (Å²) in [6.45, 7) is 0.375.